The van der Waals surface area contributed by atoms with Gasteiger partial charge in [0.25, 0.3) is 5.91 Å². The van der Waals surface area contributed by atoms with Crippen LogP contribution in [0.2, 0.25) is 0 Å². The number of phenols is 1. The summed E-state index contributed by atoms with van der Waals surface area (Å²) < 4.78 is 10.7. The van der Waals surface area contributed by atoms with Gasteiger partial charge in [0.15, 0.2) is 10.6 Å². The molecular weight excluding hydrogens is 444 g/mol. The molecule has 4 aromatic rings. The second-order valence-electron chi connectivity index (χ2n) is 7.75. The van der Waals surface area contributed by atoms with Crippen LogP contribution in [0.5, 0.6) is 5.75 Å². The molecule has 0 spiro atoms. The van der Waals surface area contributed by atoms with Gasteiger partial charge in [0, 0.05) is 0 Å². The fourth-order valence-electron chi connectivity index (χ4n) is 4.06. The number of hydrogen-bond acceptors (Lipinski definition) is 8. The van der Waals surface area contributed by atoms with E-state index in [4.69, 9.17) is 9.15 Å². The van der Waals surface area contributed by atoms with Crippen molar-refractivity contribution in [2.24, 2.45) is 0 Å². The quantitative estimate of drug-likeness (QED) is 0.456. The van der Waals surface area contributed by atoms with E-state index in [2.05, 4.69) is 4.98 Å². The van der Waals surface area contributed by atoms with Crippen LogP contribution in [0.4, 0.5) is 5.13 Å². The number of thiazole rings is 1. The zero-order chi connectivity index (χ0) is 23.4. The Morgan fingerprint density at radius 1 is 1.18 bits per heavy atom. The fraction of sp³-hybridized carbons (Fsp3) is 0.167. The monoisotopic (exact) mass is 462 g/mol. The Balaban J connectivity index is 1.80. The smallest absolute Gasteiger partial charge is 0.350 e. The Morgan fingerprint density at radius 2 is 1.97 bits per heavy atom. The largest absolute Gasteiger partial charge is 0.508 e. The van der Waals surface area contributed by atoms with E-state index < -0.39 is 17.9 Å². The van der Waals surface area contributed by atoms with Gasteiger partial charge in [0.05, 0.1) is 29.8 Å². The second kappa shape index (κ2) is 7.56. The van der Waals surface area contributed by atoms with Gasteiger partial charge >= 0.3 is 5.97 Å². The highest BCUT2D eigenvalue weighted by Crippen LogP contribution is 2.43. The van der Waals surface area contributed by atoms with Crippen molar-refractivity contribution >= 4 is 39.3 Å². The third-order valence-electron chi connectivity index (χ3n) is 5.57. The number of nitrogens with zero attached hydrogens (tertiary/aromatic N) is 2. The lowest BCUT2D eigenvalue weighted by atomic mass is 9.98. The van der Waals surface area contributed by atoms with Crippen LogP contribution in [0.15, 0.2) is 51.7 Å². The number of carbonyl (C=O) groups is 2. The predicted molar refractivity (Wildman–Crippen MR) is 122 cm³/mol. The van der Waals surface area contributed by atoms with Crippen molar-refractivity contribution in [2.75, 3.05) is 12.0 Å². The van der Waals surface area contributed by atoms with Crippen molar-refractivity contribution in [1.29, 1.82) is 0 Å². The lowest BCUT2D eigenvalue weighted by Crippen LogP contribution is -2.29. The van der Waals surface area contributed by atoms with Crippen molar-refractivity contribution in [3.63, 3.8) is 0 Å². The summed E-state index contributed by atoms with van der Waals surface area (Å²) in [6.45, 7) is 3.51. The molecule has 3 heterocycles. The summed E-state index contributed by atoms with van der Waals surface area (Å²) in [6, 6.07) is 10.6. The number of aryl methyl sites for hydroxylation is 2. The Bertz CT molecular complexity index is 1520. The minimum atomic E-state index is -0.892. The maximum absolute atomic E-state index is 13.6. The molecule has 0 saturated carbocycles. The van der Waals surface area contributed by atoms with E-state index in [0.29, 0.717) is 22.2 Å². The van der Waals surface area contributed by atoms with Crippen LogP contribution in [-0.4, -0.2) is 29.1 Å². The number of benzene rings is 2. The lowest BCUT2D eigenvalue weighted by Gasteiger charge is -2.22. The van der Waals surface area contributed by atoms with Gasteiger partial charge in [0.1, 0.15) is 16.2 Å². The van der Waals surface area contributed by atoms with Crippen LogP contribution in [0.1, 0.15) is 48.7 Å². The predicted octanol–water partition coefficient (Wildman–Crippen LogP) is 4.11. The van der Waals surface area contributed by atoms with Crippen LogP contribution in [0.25, 0.3) is 11.0 Å². The van der Waals surface area contributed by atoms with Crippen molar-refractivity contribution in [1.82, 2.24) is 4.98 Å². The van der Waals surface area contributed by atoms with E-state index >= 15 is 0 Å². The number of esters is 1. The number of phenolic OH excluding ortho intramolecular Hbond substituents is 1. The molecule has 0 saturated heterocycles. The SMILES string of the molecule is COC(=O)c1sc(N2C(=O)c3oc4ccc(C)cc4c(=O)c3[C@H]2c2cccc(O)c2)nc1C. The normalized spacial score (nSPS) is 15.2. The third-order valence-corrected chi connectivity index (χ3v) is 6.71. The highest BCUT2D eigenvalue weighted by molar-refractivity contribution is 7.17. The van der Waals surface area contributed by atoms with E-state index in [9.17, 15) is 19.5 Å². The standard InChI is InChI=1S/C24H18N2O6S/c1-11-7-8-16-15(9-11)19(28)17-18(13-5-4-6-14(27)10-13)26(22(29)20(17)32-16)24-25-12(2)21(33-24)23(30)31-3/h4-10,18,27H,1-3H3/t18-/m1/s1. The van der Waals surface area contributed by atoms with Gasteiger partial charge in [0.2, 0.25) is 5.76 Å². The lowest BCUT2D eigenvalue weighted by molar-refractivity contribution is 0.0605. The highest BCUT2D eigenvalue weighted by atomic mass is 32.1. The van der Waals surface area contributed by atoms with Crippen LogP contribution in [-0.2, 0) is 4.74 Å². The molecule has 0 radical (unpaired) electrons. The Labute approximate surface area is 191 Å². The summed E-state index contributed by atoms with van der Waals surface area (Å²) in [5.74, 6) is -1.22. The van der Waals surface area contributed by atoms with Crippen LogP contribution in [0.3, 0.4) is 0 Å². The van der Waals surface area contributed by atoms with E-state index in [-0.39, 0.29) is 32.5 Å². The van der Waals surface area contributed by atoms with Gasteiger partial charge in [-0.1, -0.05) is 35.1 Å². The summed E-state index contributed by atoms with van der Waals surface area (Å²) in [4.78, 5) is 45.3. The number of ether oxygens (including phenoxy) is 1. The molecule has 1 aliphatic rings. The zero-order valence-corrected chi connectivity index (χ0v) is 18.7. The number of aromatic nitrogens is 1. The number of rotatable bonds is 3. The average Bonchev–Trinajstić information content (AvgIpc) is 3.31. The van der Waals surface area contributed by atoms with Gasteiger partial charge in [-0.15, -0.1) is 0 Å². The Morgan fingerprint density at radius 3 is 2.70 bits per heavy atom. The first kappa shape index (κ1) is 20.9. The molecule has 1 amide bonds. The summed E-state index contributed by atoms with van der Waals surface area (Å²) in [6.07, 6.45) is 0. The third kappa shape index (κ3) is 3.20. The van der Waals surface area contributed by atoms with Crippen LogP contribution >= 0.6 is 11.3 Å². The molecule has 1 N–H and O–H groups in total. The number of methoxy groups -OCH3 is 1. The zero-order valence-electron chi connectivity index (χ0n) is 17.9. The molecule has 9 heteroatoms. The number of fused-ring (bicyclic) bond motifs is 2. The van der Waals surface area contributed by atoms with E-state index in [1.54, 1.807) is 37.3 Å². The number of hydrogen-bond donors (Lipinski definition) is 1. The van der Waals surface area contributed by atoms with Gasteiger partial charge in [-0.05, 0) is 43.7 Å². The molecule has 0 fully saturated rings. The molecule has 0 bridgehead atoms. The molecule has 5 rings (SSSR count). The molecular formula is C24H18N2O6S. The highest BCUT2D eigenvalue weighted by Gasteiger charge is 2.45. The number of carbonyl (C=O) groups excluding carboxylic acids is 2. The van der Waals surface area contributed by atoms with Crippen molar-refractivity contribution in [3.8, 4) is 5.75 Å². The Hall–Kier alpha value is -3.98. The summed E-state index contributed by atoms with van der Waals surface area (Å²) >= 11 is 0.992. The molecule has 166 valence electrons. The van der Waals surface area contributed by atoms with Gasteiger partial charge in [-0.3, -0.25) is 14.5 Å². The fourth-order valence-corrected chi connectivity index (χ4v) is 5.07. The molecule has 2 aromatic heterocycles. The first-order chi connectivity index (χ1) is 15.8. The van der Waals surface area contributed by atoms with Gasteiger partial charge < -0.3 is 14.3 Å². The molecule has 8 nitrogen and oxygen atoms in total. The average molecular weight is 462 g/mol. The molecule has 0 aliphatic carbocycles. The van der Waals surface area contributed by atoms with Crippen molar-refractivity contribution < 1.29 is 23.8 Å². The molecule has 2 aromatic carbocycles. The summed E-state index contributed by atoms with van der Waals surface area (Å²) in [5, 5.41) is 10.7. The first-order valence-electron chi connectivity index (χ1n) is 10.1. The minimum absolute atomic E-state index is 0.0139. The molecule has 0 unspecified atom stereocenters. The first-order valence-corrected chi connectivity index (χ1v) is 10.9. The maximum atomic E-state index is 13.6. The van der Waals surface area contributed by atoms with Crippen LogP contribution in [0, 0.1) is 13.8 Å². The van der Waals surface area contributed by atoms with Crippen LogP contribution < -0.4 is 10.3 Å². The molecule has 1 atom stereocenters. The minimum Gasteiger partial charge on any atom is -0.508 e. The molecule has 33 heavy (non-hydrogen) atoms. The van der Waals surface area contributed by atoms with Crippen molar-refractivity contribution in [3.05, 3.63) is 85.7 Å². The summed E-state index contributed by atoms with van der Waals surface area (Å²) in [7, 11) is 1.27. The van der Waals surface area contributed by atoms with E-state index in [1.165, 1.54) is 24.1 Å². The van der Waals surface area contributed by atoms with Crippen molar-refractivity contribution in [2.45, 2.75) is 19.9 Å². The van der Waals surface area contributed by atoms with E-state index in [0.717, 1.165) is 16.9 Å². The summed E-state index contributed by atoms with van der Waals surface area (Å²) in [5.41, 5.74) is 1.92. The number of aromatic hydroxyl groups is 1. The maximum Gasteiger partial charge on any atom is 0.350 e. The Kier molecular flexibility index (Phi) is 4.79. The second-order valence-corrected chi connectivity index (χ2v) is 8.73. The number of amides is 1. The topological polar surface area (TPSA) is 110 Å². The van der Waals surface area contributed by atoms with E-state index in [1.807, 2.05) is 6.92 Å². The van der Waals surface area contributed by atoms with Gasteiger partial charge in [-0.25, -0.2) is 9.78 Å². The molecule has 1 aliphatic heterocycles. The van der Waals surface area contributed by atoms with Gasteiger partial charge in [-0.2, -0.15) is 0 Å². The number of anilines is 1.